The van der Waals surface area contributed by atoms with Crippen LogP contribution in [-0.4, -0.2) is 35.1 Å². The Morgan fingerprint density at radius 2 is 1.84 bits per heavy atom. The molecule has 1 aromatic heterocycles. The maximum atomic E-state index is 12.9. The van der Waals surface area contributed by atoms with E-state index in [4.69, 9.17) is 11.6 Å². The molecular weight excluding hydrogens is 439 g/mol. The van der Waals surface area contributed by atoms with Crippen molar-refractivity contribution in [3.05, 3.63) is 57.9 Å². The molecule has 1 N–H and O–H groups in total. The quantitative estimate of drug-likeness (QED) is 0.603. The third-order valence-electron chi connectivity index (χ3n) is 5.66. The van der Waals surface area contributed by atoms with Crippen LogP contribution in [0.3, 0.4) is 0 Å². The number of pyridine rings is 1. The van der Waals surface area contributed by atoms with Crippen LogP contribution in [0.2, 0.25) is 5.02 Å². The molecule has 0 saturated heterocycles. The molecule has 32 heavy (non-hydrogen) atoms. The molecular formula is C24H29ClF3N3O. The molecule has 8 heteroatoms. The van der Waals surface area contributed by atoms with Crippen molar-refractivity contribution in [3.8, 4) is 0 Å². The van der Waals surface area contributed by atoms with E-state index in [1.807, 2.05) is 24.4 Å². The molecule has 1 aliphatic heterocycles. The summed E-state index contributed by atoms with van der Waals surface area (Å²) in [5, 5.41) is 3.85. The first-order valence-electron chi connectivity index (χ1n) is 10.8. The van der Waals surface area contributed by atoms with Gasteiger partial charge < -0.3 is 10.2 Å². The summed E-state index contributed by atoms with van der Waals surface area (Å²) in [7, 11) is 0. The van der Waals surface area contributed by atoms with Crippen molar-refractivity contribution >= 4 is 23.2 Å². The van der Waals surface area contributed by atoms with Gasteiger partial charge in [0.1, 0.15) is 0 Å². The molecule has 0 fully saturated rings. The summed E-state index contributed by atoms with van der Waals surface area (Å²) < 4.78 is 38.6. The lowest BCUT2D eigenvalue weighted by Crippen LogP contribution is -2.42. The lowest BCUT2D eigenvalue weighted by atomic mass is 9.90. The number of halogens is 4. The number of carbonyl (C=O) groups is 1. The minimum absolute atomic E-state index is 0.00436. The van der Waals surface area contributed by atoms with E-state index >= 15 is 0 Å². The largest absolute Gasteiger partial charge is 0.471 e. The maximum Gasteiger partial charge on any atom is 0.471 e. The Morgan fingerprint density at radius 1 is 1.12 bits per heavy atom. The van der Waals surface area contributed by atoms with Crippen molar-refractivity contribution in [1.29, 1.82) is 0 Å². The minimum Gasteiger partial charge on any atom is -0.379 e. The topological polar surface area (TPSA) is 45.2 Å². The van der Waals surface area contributed by atoms with Gasteiger partial charge in [0.05, 0.1) is 10.7 Å². The highest BCUT2D eigenvalue weighted by Crippen LogP contribution is 2.33. The number of carbonyl (C=O) groups excluding carboxylic acids is 1. The number of rotatable bonds is 5. The second-order valence-corrected chi connectivity index (χ2v) is 9.83. The molecule has 0 atom stereocenters. The van der Waals surface area contributed by atoms with Crippen molar-refractivity contribution in [3.63, 3.8) is 0 Å². The Hall–Kier alpha value is -2.28. The Kier molecular flexibility index (Phi) is 7.38. The van der Waals surface area contributed by atoms with Gasteiger partial charge in [-0.05, 0) is 59.9 Å². The number of aryl methyl sites for hydroxylation is 1. The number of nitrogens with zero attached hydrogens (tertiary/aromatic N) is 2. The standard InChI is InChI=1S/C24H29ClF3N3O/c1-23(2,3)11-8-18-6-4-16(14-29-18)15-30-21-19-10-13-31(22(32)24(26,27)28)12-9-17(19)5-7-20(21)25/h4-7,14,30H,8-13,15H2,1-3H3. The van der Waals surface area contributed by atoms with Gasteiger partial charge in [-0.1, -0.05) is 44.5 Å². The third kappa shape index (κ3) is 6.37. The van der Waals surface area contributed by atoms with Gasteiger partial charge in [0.2, 0.25) is 0 Å². The monoisotopic (exact) mass is 467 g/mol. The molecule has 1 aromatic carbocycles. The van der Waals surface area contributed by atoms with Gasteiger partial charge in [0, 0.05) is 31.5 Å². The van der Waals surface area contributed by atoms with E-state index < -0.39 is 12.1 Å². The number of nitrogens with one attached hydrogen (secondary N) is 1. The van der Waals surface area contributed by atoms with E-state index in [0.717, 1.165) is 40.1 Å². The summed E-state index contributed by atoms with van der Waals surface area (Å²) >= 11 is 6.42. The second kappa shape index (κ2) is 9.69. The van der Waals surface area contributed by atoms with Crippen LogP contribution in [0.5, 0.6) is 0 Å². The Balaban J connectivity index is 1.68. The molecule has 174 valence electrons. The lowest BCUT2D eigenvalue weighted by molar-refractivity contribution is -0.185. The Bertz CT molecular complexity index is 953. The molecule has 0 bridgehead atoms. The maximum absolute atomic E-state index is 12.9. The van der Waals surface area contributed by atoms with Crippen LogP contribution < -0.4 is 5.32 Å². The summed E-state index contributed by atoms with van der Waals surface area (Å²) in [4.78, 5) is 17.1. The average molecular weight is 468 g/mol. The average Bonchev–Trinajstić information content (AvgIpc) is 2.93. The van der Waals surface area contributed by atoms with Gasteiger partial charge in [-0.2, -0.15) is 13.2 Å². The van der Waals surface area contributed by atoms with Crippen LogP contribution in [0.25, 0.3) is 0 Å². The highest BCUT2D eigenvalue weighted by molar-refractivity contribution is 6.33. The van der Waals surface area contributed by atoms with Crippen LogP contribution in [0, 0.1) is 5.41 Å². The van der Waals surface area contributed by atoms with E-state index in [1.54, 1.807) is 6.07 Å². The highest BCUT2D eigenvalue weighted by Gasteiger charge is 2.42. The number of alkyl halides is 3. The smallest absolute Gasteiger partial charge is 0.379 e. The van der Waals surface area contributed by atoms with Crippen LogP contribution in [0.4, 0.5) is 18.9 Å². The molecule has 0 aliphatic carbocycles. The van der Waals surface area contributed by atoms with Crippen LogP contribution in [0.1, 0.15) is 49.6 Å². The normalized spacial score (nSPS) is 14.7. The fraction of sp³-hybridized carbons (Fsp3) is 0.500. The van der Waals surface area contributed by atoms with Gasteiger partial charge in [0.15, 0.2) is 0 Å². The zero-order chi connectivity index (χ0) is 23.5. The zero-order valence-corrected chi connectivity index (χ0v) is 19.4. The fourth-order valence-electron chi connectivity index (χ4n) is 3.77. The number of benzene rings is 1. The van der Waals surface area contributed by atoms with Gasteiger partial charge >= 0.3 is 12.1 Å². The van der Waals surface area contributed by atoms with Crippen molar-refractivity contribution in [2.24, 2.45) is 5.41 Å². The predicted molar refractivity (Wildman–Crippen MR) is 121 cm³/mol. The number of aromatic nitrogens is 1. The molecule has 2 heterocycles. The first kappa shape index (κ1) is 24.4. The lowest BCUT2D eigenvalue weighted by Gasteiger charge is -2.21. The number of fused-ring (bicyclic) bond motifs is 1. The minimum atomic E-state index is -4.86. The molecule has 2 aromatic rings. The summed E-state index contributed by atoms with van der Waals surface area (Å²) in [5.74, 6) is -1.79. The summed E-state index contributed by atoms with van der Waals surface area (Å²) in [6.07, 6.45) is -0.387. The number of anilines is 1. The van der Waals surface area contributed by atoms with Crippen molar-refractivity contribution in [2.75, 3.05) is 18.4 Å². The molecule has 1 aliphatic rings. The van der Waals surface area contributed by atoms with Gasteiger partial charge in [-0.25, -0.2) is 0 Å². The van der Waals surface area contributed by atoms with Crippen LogP contribution in [-0.2, 0) is 30.6 Å². The SMILES string of the molecule is CC(C)(C)CCc1ccc(CNc2c(Cl)ccc3c2CCN(C(=O)C(F)(F)F)CC3)cn1. The third-order valence-corrected chi connectivity index (χ3v) is 5.97. The van der Waals surface area contributed by atoms with Gasteiger partial charge in [-0.3, -0.25) is 9.78 Å². The Labute approximate surface area is 192 Å². The van der Waals surface area contributed by atoms with E-state index in [0.29, 0.717) is 30.1 Å². The second-order valence-electron chi connectivity index (χ2n) is 9.42. The van der Waals surface area contributed by atoms with Crippen molar-refractivity contribution in [1.82, 2.24) is 9.88 Å². The molecule has 0 spiro atoms. The molecule has 3 rings (SSSR count). The summed E-state index contributed by atoms with van der Waals surface area (Å²) in [5.41, 5.74) is 4.77. The molecule has 0 unspecified atom stereocenters. The molecule has 1 amide bonds. The summed E-state index contributed by atoms with van der Waals surface area (Å²) in [6.45, 7) is 7.15. The van der Waals surface area contributed by atoms with Crippen molar-refractivity contribution in [2.45, 2.75) is 59.2 Å². The van der Waals surface area contributed by atoms with E-state index in [9.17, 15) is 18.0 Å². The van der Waals surface area contributed by atoms with Crippen LogP contribution in [0.15, 0.2) is 30.5 Å². The molecule has 4 nitrogen and oxygen atoms in total. The van der Waals surface area contributed by atoms with Crippen molar-refractivity contribution < 1.29 is 18.0 Å². The van der Waals surface area contributed by atoms with Gasteiger partial charge in [0.25, 0.3) is 0 Å². The first-order valence-corrected chi connectivity index (χ1v) is 11.2. The number of amides is 1. The van der Waals surface area contributed by atoms with E-state index in [2.05, 4.69) is 31.1 Å². The fourth-order valence-corrected chi connectivity index (χ4v) is 4.01. The number of hydrogen-bond acceptors (Lipinski definition) is 3. The number of hydrogen-bond donors (Lipinski definition) is 1. The zero-order valence-electron chi connectivity index (χ0n) is 18.7. The highest BCUT2D eigenvalue weighted by atomic mass is 35.5. The predicted octanol–water partition coefficient (Wildman–Crippen LogP) is 5.82. The Morgan fingerprint density at radius 3 is 2.47 bits per heavy atom. The van der Waals surface area contributed by atoms with Gasteiger partial charge in [-0.15, -0.1) is 0 Å². The summed E-state index contributed by atoms with van der Waals surface area (Å²) in [6, 6.07) is 7.63. The molecule has 0 saturated carbocycles. The first-order chi connectivity index (χ1) is 14.9. The van der Waals surface area contributed by atoms with Crippen LogP contribution >= 0.6 is 11.6 Å². The van der Waals surface area contributed by atoms with E-state index in [1.165, 1.54) is 0 Å². The van der Waals surface area contributed by atoms with E-state index in [-0.39, 0.29) is 18.5 Å². The molecule has 0 radical (unpaired) electrons.